The van der Waals surface area contributed by atoms with Crippen molar-refractivity contribution in [2.45, 2.75) is 0 Å². The first-order valence-corrected chi connectivity index (χ1v) is 7.91. The number of nitrogens with one attached hydrogen (secondary N) is 2. The van der Waals surface area contributed by atoms with E-state index in [1.807, 2.05) is 0 Å². The molecule has 0 aliphatic carbocycles. The normalized spacial score (nSPS) is 14.3. The van der Waals surface area contributed by atoms with E-state index in [1.165, 1.54) is 31.4 Å². The molecule has 2 N–H and O–H groups in total. The molecule has 29 heavy (non-hydrogen) atoms. The van der Waals surface area contributed by atoms with Crippen molar-refractivity contribution < 1.29 is 28.9 Å². The molecule has 12 nitrogen and oxygen atoms in total. The molecule has 0 unspecified atom stereocenters. The summed E-state index contributed by atoms with van der Waals surface area (Å²) in [5, 5.41) is 26.5. The number of imide groups is 1. The summed E-state index contributed by atoms with van der Waals surface area (Å²) in [5.41, 5.74) is -0.510. The number of rotatable bonds is 6. The van der Waals surface area contributed by atoms with Crippen molar-refractivity contribution in [3.05, 3.63) is 67.9 Å². The largest absolute Gasteiger partial charge is 0.493 e. The zero-order valence-electron chi connectivity index (χ0n) is 14.7. The van der Waals surface area contributed by atoms with Gasteiger partial charge in [-0.1, -0.05) is 6.07 Å². The molecule has 0 saturated carbocycles. The van der Waals surface area contributed by atoms with Crippen LogP contribution in [0.5, 0.6) is 17.2 Å². The van der Waals surface area contributed by atoms with Crippen LogP contribution in [0.4, 0.5) is 16.2 Å². The highest BCUT2D eigenvalue weighted by Gasteiger charge is 2.24. The lowest BCUT2D eigenvalue weighted by molar-refractivity contribution is -0.394. The monoisotopic (exact) mass is 400 g/mol. The molecule has 1 heterocycles. The number of methoxy groups -OCH3 is 1. The number of nitro groups is 2. The van der Waals surface area contributed by atoms with Crippen molar-refractivity contribution in [1.29, 1.82) is 0 Å². The Labute approximate surface area is 162 Å². The summed E-state index contributed by atoms with van der Waals surface area (Å²) in [4.78, 5) is 43.3. The number of ether oxygens (including phenoxy) is 2. The van der Waals surface area contributed by atoms with E-state index < -0.39 is 33.2 Å². The maximum absolute atomic E-state index is 11.6. The highest BCUT2D eigenvalue weighted by atomic mass is 16.6. The number of carbonyl (C=O) groups excluding carboxylic acids is 2. The molecule has 1 aliphatic heterocycles. The standard InChI is InChI=1S/C17H12N4O8/c1-28-15-7-9(6-11-16(22)19-17(23)18-11)2-4-14(15)29-13-5-3-10(20(24)25)8-12(13)21(26)27/h2-8H,1H3,(H2,18,19,22,23)/b11-6-. The van der Waals surface area contributed by atoms with Gasteiger partial charge in [0, 0.05) is 6.07 Å². The maximum atomic E-state index is 11.6. The Balaban J connectivity index is 1.93. The van der Waals surface area contributed by atoms with Gasteiger partial charge in [-0.15, -0.1) is 0 Å². The molecule has 0 aromatic heterocycles. The second kappa shape index (κ2) is 7.64. The summed E-state index contributed by atoms with van der Waals surface area (Å²) >= 11 is 0. The van der Waals surface area contributed by atoms with Crippen molar-refractivity contribution in [2.75, 3.05) is 7.11 Å². The van der Waals surface area contributed by atoms with Crippen molar-refractivity contribution >= 4 is 29.4 Å². The fourth-order valence-electron chi connectivity index (χ4n) is 2.47. The van der Waals surface area contributed by atoms with E-state index in [2.05, 4.69) is 10.6 Å². The van der Waals surface area contributed by atoms with Crippen molar-refractivity contribution in [3.63, 3.8) is 0 Å². The fourth-order valence-corrected chi connectivity index (χ4v) is 2.47. The fraction of sp³-hybridized carbons (Fsp3) is 0.0588. The predicted molar refractivity (Wildman–Crippen MR) is 97.5 cm³/mol. The van der Waals surface area contributed by atoms with E-state index in [4.69, 9.17) is 9.47 Å². The molecule has 0 radical (unpaired) electrons. The lowest BCUT2D eigenvalue weighted by Gasteiger charge is -2.11. The van der Waals surface area contributed by atoms with E-state index in [1.54, 1.807) is 0 Å². The van der Waals surface area contributed by atoms with Crippen LogP contribution in [-0.2, 0) is 4.79 Å². The van der Waals surface area contributed by atoms with Crippen LogP contribution in [0, 0.1) is 20.2 Å². The van der Waals surface area contributed by atoms with E-state index in [0.29, 0.717) is 5.56 Å². The minimum atomic E-state index is -0.797. The highest BCUT2D eigenvalue weighted by molar-refractivity contribution is 6.14. The smallest absolute Gasteiger partial charge is 0.326 e. The zero-order chi connectivity index (χ0) is 21.1. The summed E-state index contributed by atoms with van der Waals surface area (Å²) in [6.45, 7) is 0. The van der Waals surface area contributed by atoms with Gasteiger partial charge >= 0.3 is 11.7 Å². The van der Waals surface area contributed by atoms with Crippen molar-refractivity contribution in [1.82, 2.24) is 10.6 Å². The number of non-ortho nitro benzene ring substituents is 1. The van der Waals surface area contributed by atoms with E-state index in [-0.39, 0.29) is 22.9 Å². The Morgan fingerprint density at radius 2 is 1.66 bits per heavy atom. The lowest BCUT2D eigenvalue weighted by atomic mass is 10.1. The van der Waals surface area contributed by atoms with Crippen molar-refractivity contribution in [3.8, 4) is 17.2 Å². The van der Waals surface area contributed by atoms with E-state index >= 15 is 0 Å². The molecule has 1 saturated heterocycles. The van der Waals surface area contributed by atoms with Gasteiger partial charge in [-0.3, -0.25) is 30.3 Å². The third-order valence-electron chi connectivity index (χ3n) is 3.79. The summed E-state index contributed by atoms with van der Waals surface area (Å²) in [6.07, 6.45) is 1.40. The van der Waals surface area contributed by atoms with E-state index in [0.717, 1.165) is 18.2 Å². The minimum Gasteiger partial charge on any atom is -0.493 e. The molecule has 0 atom stereocenters. The van der Waals surface area contributed by atoms with Gasteiger partial charge in [-0.25, -0.2) is 4.79 Å². The first-order chi connectivity index (χ1) is 13.8. The number of carbonyl (C=O) groups is 2. The van der Waals surface area contributed by atoms with Gasteiger partial charge in [0.25, 0.3) is 11.6 Å². The first-order valence-electron chi connectivity index (χ1n) is 7.91. The van der Waals surface area contributed by atoms with Crippen LogP contribution in [0.2, 0.25) is 0 Å². The van der Waals surface area contributed by atoms with Crippen LogP contribution in [0.3, 0.4) is 0 Å². The molecule has 3 amide bonds. The van der Waals surface area contributed by atoms with Crippen molar-refractivity contribution in [2.24, 2.45) is 0 Å². The highest BCUT2D eigenvalue weighted by Crippen LogP contribution is 2.38. The molecule has 1 fully saturated rings. The van der Waals surface area contributed by atoms with Crippen LogP contribution in [0.25, 0.3) is 6.08 Å². The Hall–Kier alpha value is -4.48. The van der Waals surface area contributed by atoms with E-state index in [9.17, 15) is 29.8 Å². The quantitative estimate of drug-likeness (QED) is 0.323. The topological polar surface area (TPSA) is 163 Å². The number of hydrogen-bond donors (Lipinski definition) is 2. The van der Waals surface area contributed by atoms with Gasteiger partial charge in [0.1, 0.15) is 5.70 Å². The average molecular weight is 400 g/mol. The second-order valence-corrected chi connectivity index (χ2v) is 5.64. The third-order valence-corrected chi connectivity index (χ3v) is 3.79. The predicted octanol–water partition coefficient (Wildman–Crippen LogP) is 2.48. The maximum Gasteiger partial charge on any atom is 0.326 e. The van der Waals surface area contributed by atoms with Crippen LogP contribution < -0.4 is 20.1 Å². The Bertz CT molecular complexity index is 1080. The summed E-state index contributed by atoms with van der Waals surface area (Å²) in [5.74, 6) is -0.522. The average Bonchev–Trinajstić information content (AvgIpc) is 2.99. The Kier molecular flexibility index (Phi) is 5.08. The van der Waals surface area contributed by atoms with Crippen LogP contribution in [0.1, 0.15) is 5.56 Å². The molecular formula is C17H12N4O8. The summed E-state index contributed by atoms with van der Waals surface area (Å²) in [6, 6.07) is 6.79. The number of nitro benzene ring substituents is 2. The minimum absolute atomic E-state index is 0.0386. The Morgan fingerprint density at radius 3 is 2.24 bits per heavy atom. The number of hydrogen-bond acceptors (Lipinski definition) is 8. The molecule has 2 aromatic carbocycles. The van der Waals surface area contributed by atoms with Gasteiger partial charge in [-0.2, -0.15) is 0 Å². The van der Waals surface area contributed by atoms with Gasteiger partial charge in [0.05, 0.1) is 23.0 Å². The number of amides is 3. The van der Waals surface area contributed by atoms with Crippen LogP contribution in [-0.4, -0.2) is 28.9 Å². The number of benzene rings is 2. The van der Waals surface area contributed by atoms with Crippen LogP contribution >= 0.6 is 0 Å². The molecule has 3 rings (SSSR count). The van der Waals surface area contributed by atoms with Gasteiger partial charge in [-0.05, 0) is 29.8 Å². The molecule has 0 bridgehead atoms. The summed E-state index contributed by atoms with van der Waals surface area (Å²) < 4.78 is 10.7. The summed E-state index contributed by atoms with van der Waals surface area (Å²) in [7, 11) is 1.34. The molecule has 0 spiro atoms. The number of urea groups is 1. The van der Waals surface area contributed by atoms with Gasteiger partial charge in [0.15, 0.2) is 11.5 Å². The molecule has 12 heteroatoms. The SMILES string of the molecule is COc1cc(/C=C2\NC(=O)NC2=O)ccc1Oc1ccc([N+](=O)[O-])cc1[N+](=O)[O-]. The molecule has 148 valence electrons. The first kappa shape index (κ1) is 19.3. The molecular weight excluding hydrogens is 388 g/mol. The number of nitrogens with zero attached hydrogens (tertiary/aromatic N) is 2. The molecule has 1 aliphatic rings. The van der Waals surface area contributed by atoms with Gasteiger partial charge in [0.2, 0.25) is 5.75 Å². The van der Waals surface area contributed by atoms with Gasteiger partial charge < -0.3 is 14.8 Å². The Morgan fingerprint density at radius 1 is 0.931 bits per heavy atom. The second-order valence-electron chi connectivity index (χ2n) is 5.64. The third kappa shape index (κ3) is 4.10. The molecule has 2 aromatic rings. The van der Waals surface area contributed by atoms with Crippen LogP contribution in [0.15, 0.2) is 42.1 Å². The zero-order valence-corrected chi connectivity index (χ0v) is 14.7. The lowest BCUT2D eigenvalue weighted by Crippen LogP contribution is -2.22.